The van der Waals surface area contributed by atoms with E-state index < -0.39 is 17.3 Å². The molecule has 0 atom stereocenters. The number of aromatic nitrogens is 3. The number of aryl methyl sites for hydroxylation is 1. The highest BCUT2D eigenvalue weighted by Crippen LogP contribution is 2.29. The Morgan fingerprint density at radius 3 is 2.52 bits per heavy atom. The molecule has 23 heavy (non-hydrogen) atoms. The smallest absolute Gasteiger partial charge is 0.355 e. The van der Waals surface area contributed by atoms with E-state index in [0.29, 0.717) is 22.4 Å². The largest absolute Gasteiger partial charge is 0.416 e. The van der Waals surface area contributed by atoms with Gasteiger partial charge in [0, 0.05) is 0 Å². The van der Waals surface area contributed by atoms with Gasteiger partial charge in [0.15, 0.2) is 11.3 Å². The van der Waals surface area contributed by atoms with Gasteiger partial charge in [-0.3, -0.25) is 4.79 Å². The summed E-state index contributed by atoms with van der Waals surface area (Å²) >= 11 is 0. The van der Waals surface area contributed by atoms with Gasteiger partial charge < -0.3 is 4.52 Å². The number of alkyl halides is 3. The van der Waals surface area contributed by atoms with Gasteiger partial charge in [-0.15, -0.1) is 0 Å². The van der Waals surface area contributed by atoms with Crippen LogP contribution in [0.5, 0.6) is 0 Å². The predicted octanol–water partition coefficient (Wildman–Crippen LogP) is 3.41. The number of H-pyrrole nitrogens is 1. The Hall–Kier alpha value is -2.90. The van der Waals surface area contributed by atoms with Gasteiger partial charge >= 0.3 is 6.18 Å². The van der Waals surface area contributed by atoms with E-state index in [-0.39, 0.29) is 5.52 Å². The molecule has 3 aromatic rings. The van der Waals surface area contributed by atoms with Gasteiger partial charge in [0.1, 0.15) is 0 Å². The van der Waals surface area contributed by atoms with E-state index in [9.17, 15) is 18.0 Å². The summed E-state index contributed by atoms with van der Waals surface area (Å²) in [6.07, 6.45) is -1.26. The van der Waals surface area contributed by atoms with Crippen molar-refractivity contribution in [3.05, 3.63) is 57.2 Å². The lowest BCUT2D eigenvalue weighted by molar-refractivity contribution is -0.137. The van der Waals surface area contributed by atoms with Crippen molar-refractivity contribution < 1.29 is 17.7 Å². The molecule has 2 aromatic heterocycles. The molecular weight excluding hydrogens is 311 g/mol. The number of fused-ring (bicyclic) bond motifs is 1. The Bertz CT molecular complexity index is 937. The van der Waals surface area contributed by atoms with Crippen molar-refractivity contribution in [2.24, 2.45) is 0 Å². The molecule has 0 bridgehead atoms. The molecule has 0 saturated heterocycles. The molecule has 0 aliphatic carbocycles. The second-order valence-electron chi connectivity index (χ2n) is 4.86. The summed E-state index contributed by atoms with van der Waals surface area (Å²) in [5, 5.41) is 10.3. The monoisotopic (exact) mass is 321 g/mol. The van der Waals surface area contributed by atoms with Crippen LogP contribution >= 0.6 is 0 Å². The van der Waals surface area contributed by atoms with Crippen LogP contribution in [0.15, 0.2) is 33.6 Å². The molecule has 1 aromatic carbocycles. The molecule has 0 spiro atoms. The van der Waals surface area contributed by atoms with Crippen LogP contribution in [-0.2, 0) is 6.18 Å². The average Bonchev–Trinajstić information content (AvgIpc) is 2.94. The van der Waals surface area contributed by atoms with Crippen molar-refractivity contribution >= 4 is 23.1 Å². The van der Waals surface area contributed by atoms with E-state index in [4.69, 9.17) is 4.52 Å². The number of nitrogens with zero attached hydrogens (tertiary/aromatic N) is 2. The third-order valence-corrected chi connectivity index (χ3v) is 3.29. The van der Waals surface area contributed by atoms with E-state index in [0.717, 1.165) is 12.1 Å². The molecule has 0 aliphatic rings. The zero-order chi connectivity index (χ0) is 16.6. The number of rotatable bonds is 2. The van der Waals surface area contributed by atoms with Gasteiger partial charge in [-0.2, -0.15) is 18.3 Å². The molecule has 0 unspecified atom stereocenters. The summed E-state index contributed by atoms with van der Waals surface area (Å²) in [7, 11) is 0. The van der Waals surface area contributed by atoms with Crippen LogP contribution in [0.4, 0.5) is 13.2 Å². The zero-order valence-electron chi connectivity index (χ0n) is 11.8. The summed E-state index contributed by atoms with van der Waals surface area (Å²) in [6.45, 7) is 1.69. The maximum Gasteiger partial charge on any atom is 0.416 e. The first-order valence-corrected chi connectivity index (χ1v) is 6.56. The Morgan fingerprint density at radius 1 is 1.17 bits per heavy atom. The van der Waals surface area contributed by atoms with Crippen molar-refractivity contribution in [1.29, 1.82) is 0 Å². The standard InChI is InChI=1S/C15H10F3N3O2/c1-8-12-11(23-21-13(12)14(22)20-19-8)7-4-9-2-5-10(6-3-9)15(16,17)18/h2-7H,1H3,(H,20,22)/b7-4+. The Kier molecular flexibility index (Phi) is 3.51. The van der Waals surface area contributed by atoms with E-state index in [1.807, 2.05) is 0 Å². The van der Waals surface area contributed by atoms with Crippen molar-refractivity contribution in [3.63, 3.8) is 0 Å². The minimum atomic E-state index is -4.37. The molecule has 0 fully saturated rings. The third kappa shape index (κ3) is 2.87. The Morgan fingerprint density at radius 2 is 1.87 bits per heavy atom. The summed E-state index contributed by atoms with van der Waals surface area (Å²) in [5.41, 5.74) is 0.0327. The SMILES string of the molecule is Cc1n[nH]c(=O)c2noc(/C=C/c3ccc(C(F)(F)F)cc3)c12. The first kappa shape index (κ1) is 15.0. The van der Waals surface area contributed by atoms with Gasteiger partial charge in [0.05, 0.1) is 16.6 Å². The fourth-order valence-corrected chi connectivity index (χ4v) is 2.12. The Balaban J connectivity index is 1.95. The molecule has 118 valence electrons. The lowest BCUT2D eigenvalue weighted by Crippen LogP contribution is -2.09. The van der Waals surface area contributed by atoms with Crippen LogP contribution in [0.3, 0.4) is 0 Å². The summed E-state index contributed by atoms with van der Waals surface area (Å²) < 4.78 is 42.6. The summed E-state index contributed by atoms with van der Waals surface area (Å²) in [6, 6.07) is 4.68. The van der Waals surface area contributed by atoms with Gasteiger partial charge in [-0.1, -0.05) is 23.4 Å². The van der Waals surface area contributed by atoms with Crippen molar-refractivity contribution in [2.75, 3.05) is 0 Å². The van der Waals surface area contributed by atoms with Crippen LogP contribution in [-0.4, -0.2) is 15.4 Å². The van der Waals surface area contributed by atoms with E-state index in [1.165, 1.54) is 18.2 Å². The summed E-state index contributed by atoms with van der Waals surface area (Å²) in [5.74, 6) is 0.316. The van der Waals surface area contributed by atoms with Gasteiger partial charge in [0.2, 0.25) is 0 Å². The molecule has 3 rings (SSSR count). The Labute approximate surface area is 127 Å². The number of hydrogen-bond donors (Lipinski definition) is 1. The summed E-state index contributed by atoms with van der Waals surface area (Å²) in [4.78, 5) is 11.6. The first-order chi connectivity index (χ1) is 10.9. The van der Waals surface area contributed by atoms with Gasteiger partial charge in [0.25, 0.3) is 5.56 Å². The zero-order valence-corrected chi connectivity index (χ0v) is 11.8. The first-order valence-electron chi connectivity index (χ1n) is 6.56. The lowest BCUT2D eigenvalue weighted by atomic mass is 10.1. The molecule has 0 aliphatic heterocycles. The fraction of sp³-hybridized carbons (Fsp3) is 0.133. The average molecular weight is 321 g/mol. The molecule has 8 heteroatoms. The van der Waals surface area contributed by atoms with Crippen molar-refractivity contribution in [2.45, 2.75) is 13.1 Å². The topological polar surface area (TPSA) is 71.8 Å². The van der Waals surface area contributed by atoms with Crippen LogP contribution in [0.1, 0.15) is 22.6 Å². The van der Waals surface area contributed by atoms with Crippen LogP contribution in [0.25, 0.3) is 23.1 Å². The molecular formula is C15H10F3N3O2. The van der Waals surface area contributed by atoms with Crippen molar-refractivity contribution in [1.82, 2.24) is 15.4 Å². The number of halogens is 3. The van der Waals surface area contributed by atoms with E-state index in [2.05, 4.69) is 15.4 Å². The predicted molar refractivity (Wildman–Crippen MR) is 77.5 cm³/mol. The number of nitrogens with one attached hydrogen (secondary N) is 1. The van der Waals surface area contributed by atoms with Crippen LogP contribution < -0.4 is 5.56 Å². The number of aromatic amines is 1. The maximum atomic E-state index is 12.5. The third-order valence-electron chi connectivity index (χ3n) is 3.29. The van der Waals surface area contributed by atoms with Crippen LogP contribution in [0.2, 0.25) is 0 Å². The maximum absolute atomic E-state index is 12.5. The number of hydrogen-bond acceptors (Lipinski definition) is 4. The highest BCUT2D eigenvalue weighted by atomic mass is 19.4. The lowest BCUT2D eigenvalue weighted by Gasteiger charge is -2.05. The van der Waals surface area contributed by atoms with Gasteiger partial charge in [-0.05, 0) is 30.7 Å². The fourth-order valence-electron chi connectivity index (χ4n) is 2.12. The minimum absolute atomic E-state index is 0.129. The molecule has 1 N–H and O–H groups in total. The van der Waals surface area contributed by atoms with Gasteiger partial charge in [-0.25, -0.2) is 5.10 Å². The second kappa shape index (κ2) is 5.38. The number of benzene rings is 1. The highest BCUT2D eigenvalue weighted by Gasteiger charge is 2.29. The normalized spacial score (nSPS) is 12.3. The highest BCUT2D eigenvalue weighted by molar-refractivity contribution is 5.89. The molecule has 2 heterocycles. The molecule has 0 saturated carbocycles. The minimum Gasteiger partial charge on any atom is -0.355 e. The van der Waals surface area contributed by atoms with Crippen molar-refractivity contribution in [3.8, 4) is 0 Å². The molecule has 0 amide bonds. The van der Waals surface area contributed by atoms with E-state index in [1.54, 1.807) is 13.0 Å². The van der Waals surface area contributed by atoms with Crippen LogP contribution in [0, 0.1) is 6.92 Å². The quantitative estimate of drug-likeness (QED) is 0.785. The molecule has 5 nitrogen and oxygen atoms in total. The second-order valence-corrected chi connectivity index (χ2v) is 4.86. The van der Waals surface area contributed by atoms with E-state index >= 15 is 0 Å². The molecule has 0 radical (unpaired) electrons.